The van der Waals surface area contributed by atoms with Crippen molar-refractivity contribution in [1.29, 1.82) is 0 Å². The number of rotatable bonds is 4. The van der Waals surface area contributed by atoms with Gasteiger partial charge in [0, 0.05) is 30.7 Å². The largest absolute Gasteiger partial charge is 0.444 e. The molecule has 0 aliphatic carbocycles. The molecule has 1 aromatic heterocycles. The van der Waals surface area contributed by atoms with E-state index in [1.165, 1.54) is 12.3 Å². The molecule has 7 heteroatoms. The van der Waals surface area contributed by atoms with Gasteiger partial charge in [0.25, 0.3) is 0 Å². The van der Waals surface area contributed by atoms with Gasteiger partial charge in [0.15, 0.2) is 11.6 Å². The highest BCUT2D eigenvalue weighted by molar-refractivity contribution is 7.99. The van der Waals surface area contributed by atoms with Crippen molar-refractivity contribution in [2.24, 2.45) is 0 Å². The van der Waals surface area contributed by atoms with Gasteiger partial charge in [-0.25, -0.2) is 14.2 Å². The fourth-order valence-corrected chi connectivity index (χ4v) is 3.29. The Balaban J connectivity index is 1.57. The number of thioether (sulfide) groups is 1. The van der Waals surface area contributed by atoms with Gasteiger partial charge in [0.1, 0.15) is 6.61 Å². The standard InChI is InChI=1S/C17H18FN3O2S/c18-15-10-14(11-19-16(15)21-6-8-24-9-7-21)20-17(22)23-12-13-4-2-1-3-5-13/h1-5,10-11H,6-9,12H2,(H,20,22). The molecule has 2 aromatic rings. The molecule has 126 valence electrons. The number of nitrogens with zero attached hydrogens (tertiary/aromatic N) is 2. The van der Waals surface area contributed by atoms with E-state index in [9.17, 15) is 9.18 Å². The molecule has 3 rings (SSSR count). The second-order valence-electron chi connectivity index (χ2n) is 5.32. The highest BCUT2D eigenvalue weighted by atomic mass is 32.2. The van der Waals surface area contributed by atoms with Gasteiger partial charge < -0.3 is 9.64 Å². The van der Waals surface area contributed by atoms with Gasteiger partial charge in [0.05, 0.1) is 11.9 Å². The van der Waals surface area contributed by atoms with E-state index in [4.69, 9.17) is 4.74 Å². The van der Waals surface area contributed by atoms with Crippen molar-refractivity contribution in [3.05, 3.63) is 54.0 Å². The minimum absolute atomic E-state index is 0.159. The Morgan fingerprint density at radius 3 is 2.75 bits per heavy atom. The molecule has 0 atom stereocenters. The van der Waals surface area contributed by atoms with Gasteiger partial charge in [-0.15, -0.1) is 0 Å². The minimum atomic E-state index is -0.637. The maximum Gasteiger partial charge on any atom is 0.412 e. The average molecular weight is 347 g/mol. The third kappa shape index (κ3) is 4.38. The van der Waals surface area contributed by atoms with Crippen molar-refractivity contribution in [3.8, 4) is 0 Å². The predicted octanol–water partition coefficient (Wildman–Crippen LogP) is 3.52. The van der Waals surface area contributed by atoms with E-state index in [2.05, 4.69) is 10.3 Å². The van der Waals surface area contributed by atoms with E-state index in [0.29, 0.717) is 5.82 Å². The van der Waals surface area contributed by atoms with Crippen molar-refractivity contribution in [2.75, 3.05) is 34.8 Å². The highest BCUT2D eigenvalue weighted by Gasteiger charge is 2.17. The molecule has 1 N–H and O–H groups in total. The van der Waals surface area contributed by atoms with E-state index in [1.54, 1.807) is 0 Å². The Morgan fingerprint density at radius 1 is 1.29 bits per heavy atom. The molecule has 24 heavy (non-hydrogen) atoms. The van der Waals surface area contributed by atoms with Crippen LogP contribution in [-0.4, -0.2) is 35.7 Å². The Labute approximate surface area is 144 Å². The number of benzene rings is 1. The lowest BCUT2D eigenvalue weighted by atomic mass is 10.2. The molecule has 1 aromatic carbocycles. The summed E-state index contributed by atoms with van der Waals surface area (Å²) in [5.74, 6) is 1.82. The van der Waals surface area contributed by atoms with Gasteiger partial charge >= 0.3 is 6.09 Å². The molecule has 1 amide bonds. The van der Waals surface area contributed by atoms with E-state index in [0.717, 1.165) is 30.2 Å². The Hall–Kier alpha value is -2.28. The van der Waals surface area contributed by atoms with Gasteiger partial charge in [-0.3, -0.25) is 5.32 Å². The molecule has 5 nitrogen and oxygen atoms in total. The molecule has 1 aliphatic rings. The summed E-state index contributed by atoms with van der Waals surface area (Å²) in [6.45, 7) is 1.72. The number of ether oxygens (including phenoxy) is 1. The number of amides is 1. The fraction of sp³-hybridized carbons (Fsp3) is 0.294. The molecular formula is C17H18FN3O2S. The summed E-state index contributed by atoms with van der Waals surface area (Å²) in [7, 11) is 0. The first-order valence-corrected chi connectivity index (χ1v) is 8.84. The third-order valence-electron chi connectivity index (χ3n) is 3.59. The maximum atomic E-state index is 14.2. The van der Waals surface area contributed by atoms with Gasteiger partial charge in [0.2, 0.25) is 0 Å². The zero-order valence-electron chi connectivity index (χ0n) is 13.1. The van der Waals surface area contributed by atoms with Crippen LogP contribution in [0.5, 0.6) is 0 Å². The van der Waals surface area contributed by atoms with E-state index >= 15 is 0 Å². The normalized spacial score (nSPS) is 14.3. The first-order chi connectivity index (χ1) is 11.7. The molecule has 1 fully saturated rings. The van der Waals surface area contributed by atoms with Crippen molar-refractivity contribution >= 4 is 29.4 Å². The van der Waals surface area contributed by atoms with Crippen molar-refractivity contribution in [1.82, 2.24) is 4.98 Å². The SMILES string of the molecule is O=C(Nc1cnc(N2CCSCC2)c(F)c1)OCc1ccccc1. The van der Waals surface area contributed by atoms with Crippen molar-refractivity contribution in [2.45, 2.75) is 6.61 Å². The molecule has 2 heterocycles. The van der Waals surface area contributed by atoms with Crippen LogP contribution in [0.4, 0.5) is 20.7 Å². The minimum Gasteiger partial charge on any atom is -0.444 e. The highest BCUT2D eigenvalue weighted by Crippen LogP contribution is 2.22. The van der Waals surface area contributed by atoms with Crippen LogP contribution in [0.3, 0.4) is 0 Å². The van der Waals surface area contributed by atoms with Crippen LogP contribution < -0.4 is 10.2 Å². The topological polar surface area (TPSA) is 54.5 Å². The first-order valence-electron chi connectivity index (χ1n) is 7.68. The molecule has 1 saturated heterocycles. The second-order valence-corrected chi connectivity index (χ2v) is 6.54. The number of nitrogens with one attached hydrogen (secondary N) is 1. The van der Waals surface area contributed by atoms with Crippen LogP contribution >= 0.6 is 11.8 Å². The molecule has 1 aliphatic heterocycles. The summed E-state index contributed by atoms with van der Waals surface area (Å²) in [5, 5.41) is 2.50. The summed E-state index contributed by atoms with van der Waals surface area (Å²) < 4.78 is 19.3. The number of halogens is 1. The molecule has 0 radical (unpaired) electrons. The predicted molar refractivity (Wildman–Crippen MR) is 94.0 cm³/mol. The molecular weight excluding hydrogens is 329 g/mol. The van der Waals surface area contributed by atoms with Crippen molar-refractivity contribution < 1.29 is 13.9 Å². The summed E-state index contributed by atoms with van der Waals surface area (Å²) in [4.78, 5) is 17.9. The Morgan fingerprint density at radius 2 is 2.04 bits per heavy atom. The number of carbonyl (C=O) groups is 1. The summed E-state index contributed by atoms with van der Waals surface area (Å²) in [6.07, 6.45) is 0.811. The summed E-state index contributed by atoms with van der Waals surface area (Å²) >= 11 is 1.85. The zero-order chi connectivity index (χ0) is 16.8. The van der Waals surface area contributed by atoms with Crippen LogP contribution in [0.15, 0.2) is 42.6 Å². The van der Waals surface area contributed by atoms with Gasteiger partial charge in [-0.1, -0.05) is 30.3 Å². The Bertz CT molecular complexity index is 693. The van der Waals surface area contributed by atoms with Crippen LogP contribution in [0.2, 0.25) is 0 Å². The molecule has 0 unspecified atom stereocenters. The van der Waals surface area contributed by atoms with Crippen LogP contribution in [0, 0.1) is 5.82 Å². The lowest BCUT2D eigenvalue weighted by Gasteiger charge is -2.27. The number of aromatic nitrogens is 1. The summed E-state index contributed by atoms with van der Waals surface area (Å²) in [6, 6.07) is 10.6. The van der Waals surface area contributed by atoms with Gasteiger partial charge in [-0.05, 0) is 5.56 Å². The second kappa shape index (κ2) is 8.01. The lowest BCUT2D eigenvalue weighted by molar-refractivity contribution is 0.155. The first kappa shape index (κ1) is 16.6. The van der Waals surface area contributed by atoms with E-state index in [-0.39, 0.29) is 12.3 Å². The van der Waals surface area contributed by atoms with Crippen LogP contribution in [-0.2, 0) is 11.3 Å². The fourth-order valence-electron chi connectivity index (χ4n) is 2.38. The number of hydrogen-bond donors (Lipinski definition) is 1. The maximum absolute atomic E-state index is 14.2. The van der Waals surface area contributed by atoms with E-state index < -0.39 is 11.9 Å². The number of anilines is 2. The quantitative estimate of drug-likeness (QED) is 0.917. The van der Waals surface area contributed by atoms with Crippen LogP contribution in [0.1, 0.15) is 5.56 Å². The molecule has 0 saturated carbocycles. The molecule has 0 spiro atoms. The third-order valence-corrected chi connectivity index (χ3v) is 4.53. The average Bonchev–Trinajstić information content (AvgIpc) is 2.62. The van der Waals surface area contributed by atoms with Crippen LogP contribution in [0.25, 0.3) is 0 Å². The monoisotopic (exact) mass is 347 g/mol. The number of pyridine rings is 1. The van der Waals surface area contributed by atoms with E-state index in [1.807, 2.05) is 47.0 Å². The Kier molecular flexibility index (Phi) is 5.53. The zero-order valence-corrected chi connectivity index (χ0v) is 13.9. The smallest absolute Gasteiger partial charge is 0.412 e. The summed E-state index contributed by atoms with van der Waals surface area (Å²) in [5.41, 5.74) is 1.16. The van der Waals surface area contributed by atoms with Gasteiger partial charge in [-0.2, -0.15) is 11.8 Å². The molecule has 0 bridgehead atoms. The number of carbonyl (C=O) groups excluding carboxylic acids is 1. The van der Waals surface area contributed by atoms with Crippen molar-refractivity contribution in [3.63, 3.8) is 0 Å². The lowest BCUT2D eigenvalue weighted by Crippen LogP contribution is -2.33. The number of hydrogen-bond acceptors (Lipinski definition) is 5.